The molecule has 1 aliphatic heterocycles. The zero-order valence-electron chi connectivity index (χ0n) is 30.0. The number of ether oxygens (including phenoxy) is 2. The molecule has 0 aliphatic carbocycles. The molecule has 0 unspecified atom stereocenters. The number of aliphatic hydroxyl groups excluding tert-OH is 1. The summed E-state index contributed by atoms with van der Waals surface area (Å²) in [6, 6.07) is 28.4. The molecular formula is C40H46N4O9S. The summed E-state index contributed by atoms with van der Waals surface area (Å²) in [5, 5.41) is 26.6. The molecule has 1 fully saturated rings. The van der Waals surface area contributed by atoms with E-state index < -0.39 is 46.4 Å². The molecule has 4 aromatic carbocycles. The molecule has 14 heteroatoms. The van der Waals surface area contributed by atoms with Crippen LogP contribution >= 0.6 is 0 Å². The van der Waals surface area contributed by atoms with Gasteiger partial charge in [0.1, 0.15) is 25.0 Å². The van der Waals surface area contributed by atoms with E-state index in [-0.39, 0.29) is 31.2 Å². The van der Waals surface area contributed by atoms with Crippen LogP contribution in [-0.2, 0) is 42.3 Å². The molecule has 5 rings (SSSR count). The van der Waals surface area contributed by atoms with Gasteiger partial charge in [0.15, 0.2) is 0 Å². The predicted octanol–water partition coefficient (Wildman–Crippen LogP) is 4.28. The maximum Gasteiger partial charge on any atom is 0.329 e. The number of esters is 2. The third-order valence-electron chi connectivity index (χ3n) is 9.01. The van der Waals surface area contributed by atoms with Gasteiger partial charge in [0, 0.05) is 30.9 Å². The average molecular weight is 759 g/mol. The highest BCUT2D eigenvalue weighted by molar-refractivity contribution is 7.92. The molecule has 0 bridgehead atoms. The highest BCUT2D eigenvalue weighted by Gasteiger charge is 2.27. The molecule has 1 amide bonds. The molecule has 286 valence electrons. The van der Waals surface area contributed by atoms with Crippen LogP contribution in [0.15, 0.2) is 103 Å². The number of amides is 1. The van der Waals surface area contributed by atoms with Crippen LogP contribution in [-0.4, -0.2) is 75.0 Å². The van der Waals surface area contributed by atoms with Crippen molar-refractivity contribution in [2.24, 2.45) is 5.92 Å². The molecule has 0 radical (unpaired) electrons. The van der Waals surface area contributed by atoms with Crippen molar-refractivity contribution >= 4 is 39.2 Å². The van der Waals surface area contributed by atoms with E-state index in [1.54, 1.807) is 18.2 Å². The molecular weight excluding hydrogens is 713 g/mol. The first-order chi connectivity index (χ1) is 25.9. The van der Waals surface area contributed by atoms with Crippen molar-refractivity contribution in [3.05, 3.63) is 125 Å². The van der Waals surface area contributed by atoms with Crippen LogP contribution in [0.1, 0.15) is 52.4 Å². The van der Waals surface area contributed by atoms with Gasteiger partial charge in [0.2, 0.25) is 10.0 Å². The Morgan fingerprint density at radius 1 is 0.852 bits per heavy atom. The largest absolute Gasteiger partial charge is 0.506 e. The number of phenolic OH excluding ortho intramolecular Hbond substituents is 1. The van der Waals surface area contributed by atoms with Crippen LogP contribution in [0.4, 0.5) is 11.4 Å². The number of rotatable bonds is 17. The minimum atomic E-state index is -3.59. The summed E-state index contributed by atoms with van der Waals surface area (Å²) in [5.41, 5.74) is 3.31. The van der Waals surface area contributed by atoms with Gasteiger partial charge >= 0.3 is 11.9 Å². The predicted molar refractivity (Wildman–Crippen MR) is 204 cm³/mol. The van der Waals surface area contributed by atoms with Crippen LogP contribution in [0.2, 0.25) is 0 Å². The van der Waals surface area contributed by atoms with E-state index in [4.69, 9.17) is 9.47 Å². The van der Waals surface area contributed by atoms with E-state index in [2.05, 4.69) is 20.3 Å². The quantitative estimate of drug-likeness (QED) is 0.0766. The van der Waals surface area contributed by atoms with Crippen molar-refractivity contribution < 1.29 is 42.5 Å². The minimum Gasteiger partial charge on any atom is -0.506 e. The molecule has 5 N–H and O–H groups in total. The lowest BCUT2D eigenvalue weighted by Gasteiger charge is -2.34. The van der Waals surface area contributed by atoms with Gasteiger partial charge in [-0.05, 0) is 78.4 Å². The SMILES string of the molecule is CS(=O)(=O)Nc1cc([C@H](O)CNCC2CCN(c3ccc(C(=O)N[C@H](CC(=O)OCc4ccccc4)C(=O)OCc4ccccc4)cc3)CC2)ccc1O. The normalized spacial score (nSPS) is 14.4. The van der Waals surface area contributed by atoms with Crippen LogP contribution in [0, 0.1) is 5.92 Å². The Labute approximate surface area is 315 Å². The first-order valence-corrected chi connectivity index (χ1v) is 19.6. The number of benzene rings is 4. The van der Waals surface area contributed by atoms with E-state index >= 15 is 0 Å². The summed E-state index contributed by atoms with van der Waals surface area (Å²) in [6.45, 7) is 2.55. The standard InChI is InChI=1S/C40H46N4O9S/c1-54(50,51)43-34-22-32(14-17-36(34)45)37(46)25-41-24-28-18-20-44(21-19-28)33-15-12-31(13-16-33)39(48)42-35(40(49)53-27-30-10-6-3-7-11-30)23-38(47)52-26-29-8-4-2-5-9-29/h2-17,22,28,35,37,41,43,45-46H,18-21,23-27H2,1H3,(H,42,48)/t35-,37-/m1/s1. The van der Waals surface area contributed by atoms with Gasteiger partial charge in [-0.15, -0.1) is 0 Å². The van der Waals surface area contributed by atoms with Crippen LogP contribution in [0.3, 0.4) is 0 Å². The van der Waals surface area contributed by atoms with Crippen LogP contribution < -0.4 is 20.3 Å². The first-order valence-electron chi connectivity index (χ1n) is 17.7. The summed E-state index contributed by atoms with van der Waals surface area (Å²) in [5.74, 6) is -1.78. The summed E-state index contributed by atoms with van der Waals surface area (Å²) in [6.07, 6.45) is 1.50. The van der Waals surface area contributed by atoms with Crippen molar-refractivity contribution in [2.75, 3.05) is 42.1 Å². The highest BCUT2D eigenvalue weighted by Crippen LogP contribution is 2.28. The van der Waals surface area contributed by atoms with Crippen LogP contribution in [0.5, 0.6) is 5.75 Å². The van der Waals surface area contributed by atoms with Gasteiger partial charge in [0.05, 0.1) is 24.5 Å². The second-order valence-corrected chi connectivity index (χ2v) is 15.0. The number of carbonyl (C=O) groups is 3. The Bertz CT molecular complexity index is 1950. The summed E-state index contributed by atoms with van der Waals surface area (Å²) in [4.78, 5) is 41.4. The highest BCUT2D eigenvalue weighted by atomic mass is 32.2. The van der Waals surface area contributed by atoms with Gasteiger partial charge in [-0.3, -0.25) is 14.3 Å². The number of phenols is 1. The van der Waals surface area contributed by atoms with Crippen molar-refractivity contribution in [2.45, 2.75) is 44.6 Å². The third kappa shape index (κ3) is 12.3. The molecule has 0 saturated carbocycles. The van der Waals surface area contributed by atoms with E-state index in [1.165, 1.54) is 12.1 Å². The molecule has 2 atom stereocenters. The lowest BCUT2D eigenvalue weighted by atomic mass is 9.96. The van der Waals surface area contributed by atoms with Crippen molar-refractivity contribution in [3.63, 3.8) is 0 Å². The number of piperidine rings is 1. The molecule has 1 heterocycles. The first kappa shape index (κ1) is 39.8. The average Bonchev–Trinajstić information content (AvgIpc) is 3.17. The number of hydrogen-bond donors (Lipinski definition) is 5. The Morgan fingerprint density at radius 2 is 1.46 bits per heavy atom. The lowest BCUT2D eigenvalue weighted by molar-refractivity contribution is -0.153. The van der Waals surface area contributed by atoms with Crippen molar-refractivity contribution in [1.82, 2.24) is 10.6 Å². The third-order valence-corrected chi connectivity index (χ3v) is 9.60. The van der Waals surface area contributed by atoms with Crippen molar-refractivity contribution in [3.8, 4) is 5.75 Å². The van der Waals surface area contributed by atoms with Crippen molar-refractivity contribution in [1.29, 1.82) is 0 Å². The Hall–Kier alpha value is -5.44. The lowest BCUT2D eigenvalue weighted by Crippen LogP contribution is -2.43. The Morgan fingerprint density at radius 3 is 2.07 bits per heavy atom. The van der Waals surface area contributed by atoms with E-state index in [0.29, 0.717) is 23.6 Å². The fraction of sp³-hybridized carbons (Fsp3) is 0.325. The number of anilines is 2. The fourth-order valence-corrected chi connectivity index (χ4v) is 6.59. The second kappa shape index (κ2) is 19.1. The monoisotopic (exact) mass is 758 g/mol. The minimum absolute atomic E-state index is 0.00950. The van der Waals surface area contributed by atoms with Gasteiger partial charge < -0.3 is 35.2 Å². The molecule has 4 aromatic rings. The Kier molecular flexibility index (Phi) is 14.0. The second-order valence-electron chi connectivity index (χ2n) is 13.3. The molecule has 13 nitrogen and oxygen atoms in total. The number of sulfonamides is 1. The topological polar surface area (TPSA) is 184 Å². The van der Waals surface area contributed by atoms with E-state index in [1.807, 2.05) is 72.8 Å². The smallest absolute Gasteiger partial charge is 0.329 e. The maximum absolute atomic E-state index is 13.3. The zero-order valence-corrected chi connectivity index (χ0v) is 30.8. The number of aliphatic hydroxyl groups is 1. The molecule has 1 aliphatic rings. The number of carbonyl (C=O) groups excluding carboxylic acids is 3. The number of nitrogens with one attached hydrogen (secondary N) is 3. The molecule has 0 spiro atoms. The molecule has 54 heavy (non-hydrogen) atoms. The zero-order chi connectivity index (χ0) is 38.5. The summed E-state index contributed by atoms with van der Waals surface area (Å²) in [7, 11) is -3.59. The van der Waals surface area contributed by atoms with Gasteiger partial charge in [0.25, 0.3) is 5.91 Å². The van der Waals surface area contributed by atoms with E-state index in [0.717, 1.165) is 49.0 Å². The van der Waals surface area contributed by atoms with Gasteiger partial charge in [-0.25, -0.2) is 13.2 Å². The fourth-order valence-electron chi connectivity index (χ4n) is 6.03. The molecule has 0 aromatic heterocycles. The summed E-state index contributed by atoms with van der Waals surface area (Å²) < 4.78 is 36.2. The molecule has 1 saturated heterocycles. The maximum atomic E-state index is 13.3. The number of hydrogen-bond acceptors (Lipinski definition) is 11. The summed E-state index contributed by atoms with van der Waals surface area (Å²) >= 11 is 0. The Balaban J connectivity index is 1.10. The number of aromatic hydroxyl groups is 1. The van der Waals surface area contributed by atoms with Gasteiger partial charge in [-0.2, -0.15) is 0 Å². The van der Waals surface area contributed by atoms with E-state index in [9.17, 15) is 33.0 Å². The van der Waals surface area contributed by atoms with Gasteiger partial charge in [-0.1, -0.05) is 66.7 Å². The number of nitrogens with zero attached hydrogens (tertiary/aromatic N) is 1. The van der Waals surface area contributed by atoms with Crippen LogP contribution in [0.25, 0.3) is 0 Å².